The first-order valence-electron chi connectivity index (χ1n) is 8.90. The molecule has 1 aliphatic heterocycles. The topological polar surface area (TPSA) is 70.4 Å². The molecule has 1 aromatic carbocycles. The molecule has 0 spiro atoms. The van der Waals surface area contributed by atoms with Crippen LogP contribution >= 0.6 is 0 Å². The number of aryl methyl sites for hydroxylation is 1. The molecule has 134 valence electrons. The van der Waals surface area contributed by atoms with Gasteiger partial charge < -0.3 is 10.6 Å². The van der Waals surface area contributed by atoms with Crippen LogP contribution in [0.4, 0.5) is 0 Å². The highest BCUT2D eigenvalue weighted by Crippen LogP contribution is 2.17. The Bertz CT molecular complexity index is 707. The fourth-order valence-electron chi connectivity index (χ4n) is 3.03. The molecular weight excluding hydrogens is 314 g/mol. The number of rotatable bonds is 6. The molecule has 3 rings (SSSR count). The van der Waals surface area contributed by atoms with Gasteiger partial charge >= 0.3 is 0 Å². The fraction of sp³-hybridized carbons (Fsp3) is 0.500. The van der Waals surface area contributed by atoms with Crippen molar-refractivity contribution in [2.24, 2.45) is 12.0 Å². The maximum atomic E-state index is 4.59. The smallest absolute Gasteiger partial charge is 0.191 e. The van der Waals surface area contributed by atoms with Crippen LogP contribution in [0.2, 0.25) is 0 Å². The van der Waals surface area contributed by atoms with Crippen LogP contribution < -0.4 is 10.6 Å². The molecule has 2 aromatic rings. The Kier molecular flexibility index (Phi) is 6.00. The number of hydrogen-bond acceptors (Lipinski definition) is 4. The molecule has 2 heterocycles. The zero-order valence-electron chi connectivity index (χ0n) is 15.1. The van der Waals surface area contributed by atoms with Crippen molar-refractivity contribution in [3.8, 4) is 0 Å². The summed E-state index contributed by atoms with van der Waals surface area (Å²) in [5.74, 6) is 1.67. The summed E-state index contributed by atoms with van der Waals surface area (Å²) in [6.07, 6.45) is 2.69. The fourth-order valence-corrected chi connectivity index (χ4v) is 3.03. The van der Waals surface area contributed by atoms with Crippen molar-refractivity contribution in [1.82, 2.24) is 30.3 Å². The molecule has 7 heteroatoms. The zero-order valence-corrected chi connectivity index (χ0v) is 15.1. The number of fused-ring (bicyclic) bond motifs is 1. The van der Waals surface area contributed by atoms with Crippen LogP contribution in [-0.2, 0) is 26.6 Å². The Morgan fingerprint density at radius 1 is 1.24 bits per heavy atom. The zero-order chi connectivity index (χ0) is 17.5. The van der Waals surface area contributed by atoms with Gasteiger partial charge in [0.1, 0.15) is 18.7 Å². The summed E-state index contributed by atoms with van der Waals surface area (Å²) in [6.45, 7) is 7.44. The van der Waals surface area contributed by atoms with E-state index in [1.807, 2.05) is 7.05 Å². The van der Waals surface area contributed by atoms with E-state index >= 15 is 0 Å². The average Bonchev–Trinajstić information content (AvgIpc) is 3.04. The second kappa shape index (κ2) is 8.62. The average molecular weight is 341 g/mol. The Hall–Kier alpha value is -2.41. The van der Waals surface area contributed by atoms with Crippen molar-refractivity contribution < 1.29 is 0 Å². The highest BCUT2D eigenvalue weighted by Gasteiger charge is 2.15. The molecule has 0 aliphatic carbocycles. The number of hydrogen-bond donors (Lipinski definition) is 2. The molecule has 1 aliphatic rings. The summed E-state index contributed by atoms with van der Waals surface area (Å²) in [5, 5.41) is 10.8. The SMILES string of the molecule is CCNC(=NCc1ncnn1C)NCCN1CCc2ccccc2C1. The number of aromatic nitrogens is 3. The van der Waals surface area contributed by atoms with Crippen LogP contribution in [0.15, 0.2) is 35.6 Å². The second-order valence-corrected chi connectivity index (χ2v) is 6.22. The Morgan fingerprint density at radius 3 is 2.84 bits per heavy atom. The van der Waals surface area contributed by atoms with E-state index in [4.69, 9.17) is 0 Å². The molecule has 0 atom stereocenters. The summed E-state index contributed by atoms with van der Waals surface area (Å²) in [7, 11) is 1.88. The molecule has 2 N–H and O–H groups in total. The lowest BCUT2D eigenvalue weighted by molar-refractivity contribution is 0.258. The van der Waals surface area contributed by atoms with Gasteiger partial charge in [-0.15, -0.1) is 0 Å². The van der Waals surface area contributed by atoms with Gasteiger partial charge in [0, 0.05) is 39.8 Å². The number of nitrogens with zero attached hydrogens (tertiary/aromatic N) is 5. The van der Waals surface area contributed by atoms with Gasteiger partial charge in [-0.3, -0.25) is 9.58 Å². The van der Waals surface area contributed by atoms with Gasteiger partial charge in [-0.05, 0) is 24.5 Å². The van der Waals surface area contributed by atoms with Crippen LogP contribution in [0.5, 0.6) is 0 Å². The number of benzene rings is 1. The lowest BCUT2D eigenvalue weighted by Gasteiger charge is -2.28. The van der Waals surface area contributed by atoms with E-state index in [0.29, 0.717) is 6.54 Å². The molecule has 0 unspecified atom stereocenters. The molecular formula is C18H27N7. The van der Waals surface area contributed by atoms with E-state index < -0.39 is 0 Å². The van der Waals surface area contributed by atoms with Crippen molar-refractivity contribution in [1.29, 1.82) is 0 Å². The molecule has 0 amide bonds. The Labute approximate surface area is 149 Å². The number of aliphatic imine (C=N–C) groups is 1. The Balaban J connectivity index is 1.48. The summed E-state index contributed by atoms with van der Waals surface area (Å²) in [5.41, 5.74) is 2.95. The number of nitrogens with one attached hydrogen (secondary N) is 2. The molecule has 0 saturated carbocycles. The van der Waals surface area contributed by atoms with E-state index in [1.54, 1.807) is 11.0 Å². The number of guanidine groups is 1. The van der Waals surface area contributed by atoms with Gasteiger partial charge in [0.25, 0.3) is 0 Å². The second-order valence-electron chi connectivity index (χ2n) is 6.22. The lowest BCUT2D eigenvalue weighted by atomic mass is 10.00. The standard InChI is InChI=1S/C18H27N7/c1-3-19-18(21-12-17-22-14-23-24(17)2)20-9-11-25-10-8-15-6-4-5-7-16(15)13-25/h4-7,14H,3,8-13H2,1-2H3,(H2,19,20,21). The van der Waals surface area contributed by atoms with Crippen LogP contribution in [0.3, 0.4) is 0 Å². The van der Waals surface area contributed by atoms with Crippen molar-refractivity contribution >= 4 is 5.96 Å². The predicted molar refractivity (Wildman–Crippen MR) is 99.2 cm³/mol. The third-order valence-electron chi connectivity index (χ3n) is 4.46. The van der Waals surface area contributed by atoms with Gasteiger partial charge in [0.05, 0.1) is 0 Å². The highest BCUT2D eigenvalue weighted by atomic mass is 15.3. The van der Waals surface area contributed by atoms with Crippen molar-refractivity contribution in [2.75, 3.05) is 26.2 Å². The Morgan fingerprint density at radius 2 is 2.08 bits per heavy atom. The summed E-state index contributed by atoms with van der Waals surface area (Å²) in [6, 6.07) is 8.74. The molecule has 0 saturated heterocycles. The predicted octanol–water partition coefficient (Wildman–Crippen LogP) is 0.929. The van der Waals surface area contributed by atoms with Crippen LogP contribution in [0, 0.1) is 0 Å². The molecule has 0 bridgehead atoms. The van der Waals surface area contributed by atoms with Gasteiger partial charge in [-0.1, -0.05) is 24.3 Å². The summed E-state index contributed by atoms with van der Waals surface area (Å²) >= 11 is 0. The van der Waals surface area contributed by atoms with Gasteiger partial charge in [-0.2, -0.15) is 5.10 Å². The van der Waals surface area contributed by atoms with Gasteiger partial charge in [0.2, 0.25) is 0 Å². The maximum absolute atomic E-state index is 4.59. The molecule has 1 aromatic heterocycles. The van der Waals surface area contributed by atoms with Crippen LogP contribution in [0.25, 0.3) is 0 Å². The quantitative estimate of drug-likeness (QED) is 0.604. The van der Waals surface area contributed by atoms with Crippen molar-refractivity contribution in [2.45, 2.75) is 26.4 Å². The van der Waals surface area contributed by atoms with Crippen LogP contribution in [0.1, 0.15) is 23.9 Å². The molecule has 7 nitrogen and oxygen atoms in total. The first-order chi connectivity index (χ1) is 12.3. The van der Waals surface area contributed by atoms with Gasteiger partial charge in [0.15, 0.2) is 5.96 Å². The third-order valence-corrected chi connectivity index (χ3v) is 4.46. The first-order valence-corrected chi connectivity index (χ1v) is 8.90. The minimum Gasteiger partial charge on any atom is -0.357 e. The summed E-state index contributed by atoms with van der Waals surface area (Å²) in [4.78, 5) is 11.3. The summed E-state index contributed by atoms with van der Waals surface area (Å²) < 4.78 is 1.75. The molecule has 25 heavy (non-hydrogen) atoms. The van der Waals surface area contributed by atoms with Gasteiger partial charge in [-0.25, -0.2) is 9.98 Å². The first kappa shape index (κ1) is 17.4. The van der Waals surface area contributed by atoms with Crippen LogP contribution in [-0.4, -0.2) is 51.8 Å². The normalized spacial score (nSPS) is 15.0. The highest BCUT2D eigenvalue weighted by molar-refractivity contribution is 5.79. The van der Waals surface area contributed by atoms with E-state index in [1.165, 1.54) is 11.1 Å². The molecule has 0 radical (unpaired) electrons. The minimum absolute atomic E-state index is 0.517. The van der Waals surface area contributed by atoms with E-state index in [2.05, 4.69) is 61.8 Å². The van der Waals surface area contributed by atoms with E-state index in [-0.39, 0.29) is 0 Å². The molecule has 0 fully saturated rings. The monoisotopic (exact) mass is 341 g/mol. The third kappa shape index (κ3) is 4.79. The maximum Gasteiger partial charge on any atom is 0.191 e. The largest absolute Gasteiger partial charge is 0.357 e. The lowest BCUT2D eigenvalue weighted by Crippen LogP contribution is -2.42. The van der Waals surface area contributed by atoms with Crippen molar-refractivity contribution in [3.63, 3.8) is 0 Å². The van der Waals surface area contributed by atoms with Crippen molar-refractivity contribution in [3.05, 3.63) is 47.5 Å². The minimum atomic E-state index is 0.517. The van der Waals surface area contributed by atoms with E-state index in [0.717, 1.165) is 50.9 Å². The van der Waals surface area contributed by atoms with E-state index in [9.17, 15) is 0 Å².